The maximum Gasteiger partial charge on any atom is 0.490 e. The van der Waals surface area contributed by atoms with Crippen molar-refractivity contribution < 1.29 is 50.9 Å². The minimum Gasteiger partial charge on any atom is -0.542 e. The molecule has 0 unspecified atom stereocenters. The molecule has 1 amide bonds. The fourth-order valence-electron chi connectivity index (χ4n) is 4.00. The van der Waals surface area contributed by atoms with Gasteiger partial charge in [-0.25, -0.2) is 4.79 Å². The number of rotatable bonds is 7. The lowest BCUT2D eigenvalue weighted by Gasteiger charge is -2.23. The van der Waals surface area contributed by atoms with Crippen LogP contribution >= 0.6 is 0 Å². The van der Waals surface area contributed by atoms with Crippen molar-refractivity contribution in [3.05, 3.63) is 95.2 Å². The molecular formula is C31H32F6N6O5. The second-order valence-corrected chi connectivity index (χ2v) is 11.0. The van der Waals surface area contributed by atoms with E-state index in [4.69, 9.17) is 36.7 Å². The molecule has 0 saturated heterocycles. The third-order valence-corrected chi connectivity index (χ3v) is 6.37. The van der Waals surface area contributed by atoms with E-state index in [0.29, 0.717) is 30.0 Å². The van der Waals surface area contributed by atoms with E-state index in [1.54, 1.807) is 6.07 Å². The predicted molar refractivity (Wildman–Crippen MR) is 165 cm³/mol. The van der Waals surface area contributed by atoms with Gasteiger partial charge < -0.3 is 36.4 Å². The zero-order valence-corrected chi connectivity index (χ0v) is 25.7. The Morgan fingerprint density at radius 1 is 0.896 bits per heavy atom. The summed E-state index contributed by atoms with van der Waals surface area (Å²) >= 11 is 0. The molecule has 258 valence electrons. The quantitative estimate of drug-likeness (QED) is 0.0648. The average molecular weight is 683 g/mol. The van der Waals surface area contributed by atoms with Crippen molar-refractivity contribution in [1.82, 2.24) is 14.4 Å². The predicted octanol–water partition coefficient (Wildman–Crippen LogP) is 3.61. The Bertz CT molecular complexity index is 1750. The van der Waals surface area contributed by atoms with E-state index in [1.807, 2.05) is 59.2 Å². The van der Waals surface area contributed by atoms with Crippen molar-refractivity contribution >= 4 is 46.0 Å². The van der Waals surface area contributed by atoms with Gasteiger partial charge in [0.1, 0.15) is 23.2 Å². The Morgan fingerprint density at radius 2 is 1.46 bits per heavy atom. The number of nitrogens with zero attached hydrogens (tertiary/aromatic N) is 2. The summed E-state index contributed by atoms with van der Waals surface area (Å²) in [5, 5.41) is 27.6. The number of aliphatic carboxylic acids is 2. The molecule has 17 heteroatoms. The first kappa shape index (κ1) is 38.6. The number of halogens is 6. The summed E-state index contributed by atoms with van der Waals surface area (Å²) in [6.45, 7) is 0.898. The molecule has 0 spiro atoms. The first-order chi connectivity index (χ1) is 22.0. The molecule has 7 N–H and O–H groups in total. The number of carbonyl (C=O) groups is 3. The number of hydrogen-bond donors (Lipinski definition) is 5. The van der Waals surface area contributed by atoms with Gasteiger partial charge in [-0.3, -0.25) is 14.7 Å². The molecule has 1 heterocycles. The van der Waals surface area contributed by atoms with Gasteiger partial charge in [0.15, 0.2) is 0 Å². The normalized spacial score (nSPS) is 11.4. The molecule has 3 aromatic carbocycles. The molecule has 1 aromatic heterocycles. The summed E-state index contributed by atoms with van der Waals surface area (Å²) in [7, 11) is 6.36. The van der Waals surface area contributed by atoms with E-state index >= 15 is 0 Å². The third kappa shape index (κ3) is 11.3. The maximum absolute atomic E-state index is 13.3. The molecule has 48 heavy (non-hydrogen) atoms. The fraction of sp³-hybridized carbons (Fsp3) is 0.226. The molecule has 0 fully saturated rings. The number of hydrogen-bond acceptors (Lipinski definition) is 6. The van der Waals surface area contributed by atoms with E-state index in [0.717, 1.165) is 26.5 Å². The van der Waals surface area contributed by atoms with E-state index in [-0.39, 0.29) is 11.7 Å². The van der Waals surface area contributed by atoms with Crippen LogP contribution in [0.1, 0.15) is 27.2 Å². The highest BCUT2D eigenvalue weighted by Crippen LogP contribution is 2.25. The summed E-state index contributed by atoms with van der Waals surface area (Å²) in [6.07, 6.45) is -10.3. The summed E-state index contributed by atoms with van der Waals surface area (Å²) in [4.78, 5) is 30.9. The number of amidine groups is 1. The van der Waals surface area contributed by atoms with Crippen molar-refractivity contribution in [2.24, 2.45) is 5.73 Å². The van der Waals surface area contributed by atoms with Crippen LogP contribution in [0.25, 0.3) is 10.9 Å². The van der Waals surface area contributed by atoms with Gasteiger partial charge in [0.2, 0.25) is 0 Å². The van der Waals surface area contributed by atoms with Gasteiger partial charge in [0, 0.05) is 35.2 Å². The first-order valence-corrected chi connectivity index (χ1v) is 13.6. The number of carbonyl (C=O) groups excluding carboxylic acids is 2. The fourth-order valence-corrected chi connectivity index (χ4v) is 4.00. The molecule has 0 saturated carbocycles. The number of nitrogens with one attached hydrogen (secondary N) is 2. The van der Waals surface area contributed by atoms with E-state index in [2.05, 4.69) is 38.6 Å². The lowest BCUT2D eigenvalue weighted by Crippen LogP contribution is -2.37. The molecule has 0 bridgehead atoms. The number of aromatic nitrogens is 1. The van der Waals surface area contributed by atoms with Crippen LogP contribution in [-0.2, 0) is 22.7 Å². The largest absolute Gasteiger partial charge is 0.542 e. The Balaban J connectivity index is 0.000000479. The van der Waals surface area contributed by atoms with Crippen LogP contribution in [0.2, 0.25) is 0 Å². The molecular weight excluding hydrogens is 650 g/mol. The van der Waals surface area contributed by atoms with Gasteiger partial charge in [0.25, 0.3) is 5.91 Å². The summed E-state index contributed by atoms with van der Waals surface area (Å²) in [5.41, 5.74) is 17.6. The highest BCUT2D eigenvalue weighted by Gasteiger charge is 2.38. The minimum absolute atomic E-state index is 0.0150. The minimum atomic E-state index is -5.19. The number of anilines is 1. The van der Waals surface area contributed by atoms with Crippen LogP contribution in [0.15, 0.2) is 72.8 Å². The van der Waals surface area contributed by atoms with Gasteiger partial charge in [-0.1, -0.05) is 30.3 Å². The molecule has 11 nitrogen and oxygen atoms in total. The second kappa shape index (κ2) is 15.3. The van der Waals surface area contributed by atoms with Crippen molar-refractivity contribution in [2.45, 2.75) is 25.4 Å². The smallest absolute Gasteiger partial charge is 0.490 e. The van der Waals surface area contributed by atoms with E-state index < -0.39 is 24.3 Å². The van der Waals surface area contributed by atoms with Crippen LogP contribution in [-0.4, -0.2) is 66.9 Å². The lowest BCUT2D eigenvalue weighted by atomic mass is 10.1. The van der Waals surface area contributed by atoms with Crippen LogP contribution in [0.5, 0.6) is 0 Å². The number of amides is 1. The molecule has 0 aliphatic heterocycles. The van der Waals surface area contributed by atoms with Gasteiger partial charge in [-0.05, 0) is 53.6 Å². The number of fused-ring (bicyclic) bond motifs is 1. The van der Waals surface area contributed by atoms with Gasteiger partial charge in [-0.2, -0.15) is 26.3 Å². The highest BCUT2D eigenvalue weighted by molar-refractivity contribution is 5.99. The monoisotopic (exact) mass is 682 g/mol. The zero-order chi connectivity index (χ0) is 36.6. The van der Waals surface area contributed by atoms with Crippen molar-refractivity contribution in [3.63, 3.8) is 0 Å². The average Bonchev–Trinajstić information content (AvgIpc) is 3.32. The lowest BCUT2D eigenvalue weighted by molar-refractivity contribution is -0.344. The second-order valence-electron chi connectivity index (χ2n) is 11.0. The Morgan fingerprint density at radius 3 is 1.94 bits per heavy atom. The Hall–Kier alpha value is -5.58. The number of benzene rings is 3. The zero-order valence-electron chi connectivity index (χ0n) is 25.7. The maximum atomic E-state index is 13.3. The summed E-state index contributed by atoms with van der Waals surface area (Å²) in [6, 6.07) is 23.3. The van der Waals surface area contributed by atoms with Crippen LogP contribution in [0.4, 0.5) is 37.7 Å². The third-order valence-electron chi connectivity index (χ3n) is 6.37. The van der Waals surface area contributed by atoms with Gasteiger partial charge in [-0.15, -0.1) is 0 Å². The Kier molecular flexibility index (Phi) is 12.3. The van der Waals surface area contributed by atoms with Crippen molar-refractivity contribution in [3.8, 4) is 0 Å². The van der Waals surface area contributed by atoms with Crippen molar-refractivity contribution in [1.29, 1.82) is 5.41 Å². The number of carboxylic acid groups (broad SMARTS) is 2. The van der Waals surface area contributed by atoms with E-state index in [9.17, 15) is 31.1 Å². The number of carboxylic acids is 2. The summed E-state index contributed by atoms with van der Waals surface area (Å²) < 4.78 is 66.0. The van der Waals surface area contributed by atoms with Crippen molar-refractivity contribution in [2.75, 3.05) is 26.9 Å². The topological polar surface area (TPSA) is 187 Å². The summed E-state index contributed by atoms with van der Waals surface area (Å²) in [5.74, 6) is -5.91. The number of nitrogens with two attached hydrogens (primary N) is 2. The molecule has 0 radical (unpaired) electrons. The number of quaternary nitrogens is 1. The molecule has 0 aliphatic rings. The number of nitrogen functional groups attached to an aromatic ring is 2. The molecule has 4 aromatic rings. The SMILES string of the molecule is C[N+](C)(C)c1ccc(CNC(=O)c2cc3cc(N)ccc3n2Cc2cccc(C(=N)N)c2)cc1.O=C(O)C(F)(F)F.O=C([O-])C(F)(F)F. The van der Waals surface area contributed by atoms with Gasteiger partial charge in [0.05, 0.1) is 21.1 Å². The Labute approximate surface area is 270 Å². The first-order valence-electron chi connectivity index (χ1n) is 13.6. The van der Waals surface area contributed by atoms with E-state index in [1.165, 1.54) is 5.69 Å². The molecule has 0 aliphatic carbocycles. The van der Waals surface area contributed by atoms with Crippen LogP contribution in [0, 0.1) is 5.41 Å². The van der Waals surface area contributed by atoms with Crippen LogP contribution < -0.4 is 26.4 Å². The standard InChI is InChI=1S/C27H30N6O.2C2HF3O2/c1-33(2,3)23-10-7-18(8-11-23)16-31-27(34)25-15-21-14-22(28)9-12-24(21)32(25)17-19-5-4-6-20(13-19)26(29)30;2*3-2(4,5)1(6)7/h4-15H,16-17,28H2,1-3H3,(H3-,29,30,31,34);2*(H,6,7). The highest BCUT2D eigenvalue weighted by atomic mass is 19.4. The number of alkyl halides is 6. The molecule has 4 rings (SSSR count). The van der Waals surface area contributed by atoms with Crippen LogP contribution in [0.3, 0.4) is 0 Å². The van der Waals surface area contributed by atoms with Gasteiger partial charge >= 0.3 is 18.3 Å². The molecule has 0 atom stereocenters.